The van der Waals surface area contributed by atoms with E-state index in [4.69, 9.17) is 17.3 Å². The molecule has 0 radical (unpaired) electrons. The highest BCUT2D eigenvalue weighted by Gasteiger charge is 2.23. The molecule has 0 aliphatic heterocycles. The van der Waals surface area contributed by atoms with E-state index in [0.717, 1.165) is 0 Å². The Bertz CT molecular complexity index is 702. The SMILES string of the molecule is CCN(c1ccccc1)S(=O)(=O)c1ccc(Cl)c(N)c1. The van der Waals surface area contributed by atoms with Crippen molar-refractivity contribution in [2.75, 3.05) is 16.6 Å². The number of para-hydroxylation sites is 1. The Morgan fingerprint density at radius 3 is 2.35 bits per heavy atom. The summed E-state index contributed by atoms with van der Waals surface area (Å²) in [6.45, 7) is 2.11. The number of sulfonamides is 1. The van der Waals surface area contributed by atoms with E-state index in [2.05, 4.69) is 0 Å². The number of halogens is 1. The van der Waals surface area contributed by atoms with E-state index < -0.39 is 10.0 Å². The number of nitrogen functional groups attached to an aromatic ring is 1. The summed E-state index contributed by atoms with van der Waals surface area (Å²) >= 11 is 5.83. The smallest absolute Gasteiger partial charge is 0.264 e. The Hall–Kier alpha value is -1.72. The summed E-state index contributed by atoms with van der Waals surface area (Å²) in [7, 11) is -3.65. The van der Waals surface area contributed by atoms with Crippen LogP contribution in [0.1, 0.15) is 6.92 Å². The maximum Gasteiger partial charge on any atom is 0.264 e. The van der Waals surface area contributed by atoms with Crippen LogP contribution in [0.25, 0.3) is 0 Å². The average Bonchev–Trinajstić information content (AvgIpc) is 2.43. The van der Waals surface area contributed by atoms with Gasteiger partial charge < -0.3 is 5.73 Å². The molecule has 0 aromatic heterocycles. The van der Waals surface area contributed by atoms with Crippen molar-refractivity contribution in [3.05, 3.63) is 53.6 Å². The lowest BCUT2D eigenvalue weighted by Crippen LogP contribution is -2.30. The average molecular weight is 311 g/mol. The Morgan fingerprint density at radius 1 is 1.15 bits per heavy atom. The van der Waals surface area contributed by atoms with E-state index in [9.17, 15) is 8.42 Å². The molecule has 0 spiro atoms. The van der Waals surface area contributed by atoms with E-state index >= 15 is 0 Å². The third-order valence-electron chi connectivity index (χ3n) is 2.89. The van der Waals surface area contributed by atoms with Crippen LogP contribution in [0.3, 0.4) is 0 Å². The van der Waals surface area contributed by atoms with Gasteiger partial charge in [-0.3, -0.25) is 4.31 Å². The van der Waals surface area contributed by atoms with Crippen molar-refractivity contribution in [1.82, 2.24) is 0 Å². The maximum absolute atomic E-state index is 12.7. The predicted molar refractivity (Wildman–Crippen MR) is 82.5 cm³/mol. The van der Waals surface area contributed by atoms with Gasteiger partial charge in [0.2, 0.25) is 0 Å². The van der Waals surface area contributed by atoms with Crippen molar-refractivity contribution < 1.29 is 8.42 Å². The van der Waals surface area contributed by atoms with Gasteiger partial charge in [0.1, 0.15) is 0 Å². The lowest BCUT2D eigenvalue weighted by atomic mass is 10.3. The van der Waals surface area contributed by atoms with Crippen molar-refractivity contribution in [3.63, 3.8) is 0 Å². The summed E-state index contributed by atoms with van der Waals surface area (Å²) in [5.41, 5.74) is 6.54. The molecule has 2 aromatic carbocycles. The van der Waals surface area contributed by atoms with Crippen molar-refractivity contribution in [2.45, 2.75) is 11.8 Å². The molecule has 0 heterocycles. The highest BCUT2D eigenvalue weighted by molar-refractivity contribution is 7.92. The highest BCUT2D eigenvalue weighted by atomic mass is 35.5. The van der Waals surface area contributed by atoms with E-state index in [-0.39, 0.29) is 10.6 Å². The van der Waals surface area contributed by atoms with Gasteiger partial charge in [-0.2, -0.15) is 0 Å². The first-order valence-electron chi connectivity index (χ1n) is 6.09. The van der Waals surface area contributed by atoms with Gasteiger partial charge in [-0.15, -0.1) is 0 Å². The Kier molecular flexibility index (Phi) is 4.20. The van der Waals surface area contributed by atoms with Crippen LogP contribution in [0.5, 0.6) is 0 Å². The molecule has 4 nitrogen and oxygen atoms in total. The Morgan fingerprint density at radius 2 is 1.80 bits per heavy atom. The van der Waals surface area contributed by atoms with Crippen LogP contribution in [-0.4, -0.2) is 15.0 Å². The van der Waals surface area contributed by atoms with Gasteiger partial charge in [0.05, 0.1) is 21.3 Å². The molecule has 2 rings (SSSR count). The molecular weight excluding hydrogens is 296 g/mol. The standard InChI is InChI=1S/C14H15ClN2O2S/c1-2-17(11-6-4-3-5-7-11)20(18,19)12-8-9-13(15)14(16)10-12/h3-10H,2,16H2,1H3. The van der Waals surface area contributed by atoms with Gasteiger partial charge in [0.25, 0.3) is 10.0 Å². The molecule has 20 heavy (non-hydrogen) atoms. The second kappa shape index (κ2) is 5.73. The fourth-order valence-electron chi connectivity index (χ4n) is 1.90. The number of anilines is 2. The first kappa shape index (κ1) is 14.7. The summed E-state index contributed by atoms with van der Waals surface area (Å²) in [5, 5.41) is 0.340. The minimum atomic E-state index is -3.65. The topological polar surface area (TPSA) is 63.4 Å². The second-order valence-corrected chi connectivity index (χ2v) is 6.46. The van der Waals surface area contributed by atoms with Crippen molar-refractivity contribution >= 4 is 33.0 Å². The lowest BCUT2D eigenvalue weighted by Gasteiger charge is -2.23. The minimum absolute atomic E-state index is 0.130. The second-order valence-electron chi connectivity index (χ2n) is 4.19. The van der Waals surface area contributed by atoms with Crippen molar-refractivity contribution in [1.29, 1.82) is 0 Å². The minimum Gasteiger partial charge on any atom is -0.397 e. The molecule has 0 atom stereocenters. The molecule has 0 bridgehead atoms. The number of nitrogens with zero attached hydrogens (tertiary/aromatic N) is 1. The number of rotatable bonds is 4. The zero-order valence-electron chi connectivity index (χ0n) is 11.0. The molecule has 0 fully saturated rings. The lowest BCUT2D eigenvalue weighted by molar-refractivity contribution is 0.592. The fraction of sp³-hybridized carbons (Fsp3) is 0.143. The molecule has 0 amide bonds. The number of benzene rings is 2. The monoisotopic (exact) mass is 310 g/mol. The summed E-state index contributed by atoms with van der Waals surface area (Å²) in [6.07, 6.45) is 0. The van der Waals surface area contributed by atoms with Crippen LogP contribution in [-0.2, 0) is 10.0 Å². The maximum atomic E-state index is 12.7. The van der Waals surface area contributed by atoms with E-state index in [1.54, 1.807) is 31.2 Å². The number of hydrogen-bond acceptors (Lipinski definition) is 3. The fourth-order valence-corrected chi connectivity index (χ4v) is 3.52. The summed E-state index contributed by atoms with van der Waals surface area (Å²) < 4.78 is 26.6. The van der Waals surface area contributed by atoms with Crippen LogP contribution in [0.15, 0.2) is 53.4 Å². The molecular formula is C14H15ClN2O2S. The molecule has 0 aliphatic rings. The highest BCUT2D eigenvalue weighted by Crippen LogP contribution is 2.27. The number of hydrogen-bond donors (Lipinski definition) is 1. The van der Waals surface area contributed by atoms with Gasteiger partial charge in [-0.25, -0.2) is 8.42 Å². The summed E-state index contributed by atoms with van der Waals surface area (Å²) in [4.78, 5) is 0.130. The third-order valence-corrected chi connectivity index (χ3v) is 5.13. The van der Waals surface area contributed by atoms with E-state index in [1.165, 1.54) is 22.5 Å². The zero-order chi connectivity index (χ0) is 14.8. The molecule has 6 heteroatoms. The van der Waals surface area contributed by atoms with Crippen LogP contribution in [0, 0.1) is 0 Å². The quantitative estimate of drug-likeness (QED) is 0.882. The van der Waals surface area contributed by atoms with Crippen LogP contribution >= 0.6 is 11.6 Å². The van der Waals surface area contributed by atoms with Crippen molar-refractivity contribution in [2.24, 2.45) is 0 Å². The van der Waals surface area contributed by atoms with Crippen LogP contribution in [0.4, 0.5) is 11.4 Å². The summed E-state index contributed by atoms with van der Waals surface area (Å²) in [5.74, 6) is 0. The predicted octanol–water partition coefficient (Wildman–Crippen LogP) is 3.14. The third kappa shape index (κ3) is 2.73. The van der Waals surface area contributed by atoms with Gasteiger partial charge in [-0.1, -0.05) is 29.8 Å². The van der Waals surface area contributed by atoms with Gasteiger partial charge >= 0.3 is 0 Å². The van der Waals surface area contributed by atoms with Gasteiger partial charge in [-0.05, 0) is 37.3 Å². The number of nitrogens with two attached hydrogens (primary N) is 1. The van der Waals surface area contributed by atoms with Crippen LogP contribution in [0.2, 0.25) is 5.02 Å². The molecule has 2 N–H and O–H groups in total. The van der Waals surface area contributed by atoms with E-state index in [0.29, 0.717) is 17.3 Å². The molecule has 0 saturated carbocycles. The van der Waals surface area contributed by atoms with Gasteiger partial charge in [0, 0.05) is 6.54 Å². The van der Waals surface area contributed by atoms with Crippen LogP contribution < -0.4 is 10.0 Å². The first-order valence-corrected chi connectivity index (χ1v) is 7.91. The Balaban J connectivity index is 2.50. The first-order chi connectivity index (χ1) is 9.46. The molecule has 0 unspecified atom stereocenters. The molecule has 0 aliphatic carbocycles. The Labute approximate surface area is 123 Å². The van der Waals surface area contributed by atoms with Gasteiger partial charge in [0.15, 0.2) is 0 Å². The van der Waals surface area contributed by atoms with Crippen molar-refractivity contribution in [3.8, 4) is 0 Å². The molecule has 0 saturated heterocycles. The molecule has 106 valence electrons. The van der Waals surface area contributed by atoms with E-state index in [1.807, 2.05) is 6.07 Å². The zero-order valence-corrected chi connectivity index (χ0v) is 12.5. The molecule has 2 aromatic rings. The normalized spacial score (nSPS) is 11.3. The largest absolute Gasteiger partial charge is 0.397 e. The summed E-state index contributed by atoms with van der Waals surface area (Å²) in [6, 6.07) is 13.3.